The van der Waals surface area contributed by atoms with Gasteiger partial charge in [0.05, 0.1) is 0 Å². The molecular weight excluding hydrogens is 289 g/mol. The van der Waals surface area contributed by atoms with E-state index in [-0.39, 0.29) is 5.69 Å². The van der Waals surface area contributed by atoms with Gasteiger partial charge in [0.15, 0.2) is 6.10 Å². The fourth-order valence-electron chi connectivity index (χ4n) is 1.55. The van der Waals surface area contributed by atoms with E-state index in [1.165, 1.54) is 43.5 Å². The van der Waals surface area contributed by atoms with Gasteiger partial charge >= 0.3 is 0 Å². The van der Waals surface area contributed by atoms with Crippen LogP contribution in [0.3, 0.4) is 0 Å². The van der Waals surface area contributed by atoms with Crippen molar-refractivity contribution in [1.29, 1.82) is 0 Å². The lowest BCUT2D eigenvalue weighted by Crippen LogP contribution is -2.47. The van der Waals surface area contributed by atoms with Crippen LogP contribution in [0, 0.1) is 5.82 Å². The third kappa shape index (κ3) is 4.27. The summed E-state index contributed by atoms with van der Waals surface area (Å²) < 4.78 is 18.1. The smallest absolute Gasteiger partial charge is 0.288 e. The third-order valence-corrected chi connectivity index (χ3v) is 2.69. The van der Waals surface area contributed by atoms with Crippen molar-refractivity contribution < 1.29 is 18.7 Å². The largest absolute Gasteiger partial charge is 0.481 e. The van der Waals surface area contributed by atoms with E-state index in [4.69, 9.17) is 4.74 Å². The summed E-state index contributed by atoms with van der Waals surface area (Å²) in [6.07, 6.45) is 0.603. The maximum atomic E-state index is 12.8. The standard InChI is InChI=1S/C15H14FN3O3/c1-10(22-12-7-5-11(16)6-8-12)14(20)18-19-15(21)13-4-2-3-9-17-13/h2-10H,1H3,(H,18,20)(H,19,21)/t10-/m1/s1. The van der Waals surface area contributed by atoms with Gasteiger partial charge < -0.3 is 4.74 Å². The van der Waals surface area contributed by atoms with Gasteiger partial charge in [0.25, 0.3) is 11.8 Å². The second-order valence-corrected chi connectivity index (χ2v) is 4.37. The summed E-state index contributed by atoms with van der Waals surface area (Å²) in [5.41, 5.74) is 4.64. The van der Waals surface area contributed by atoms with Crippen LogP contribution in [0.1, 0.15) is 17.4 Å². The van der Waals surface area contributed by atoms with E-state index < -0.39 is 23.7 Å². The topological polar surface area (TPSA) is 80.3 Å². The summed E-state index contributed by atoms with van der Waals surface area (Å²) in [6.45, 7) is 1.51. The Morgan fingerprint density at radius 1 is 1.14 bits per heavy atom. The van der Waals surface area contributed by atoms with Crippen LogP contribution in [0.15, 0.2) is 48.7 Å². The average Bonchev–Trinajstić information content (AvgIpc) is 2.55. The van der Waals surface area contributed by atoms with Crippen LogP contribution in [-0.2, 0) is 4.79 Å². The number of hydrogen-bond donors (Lipinski definition) is 2. The van der Waals surface area contributed by atoms with Gasteiger partial charge in [0.2, 0.25) is 0 Å². The number of nitrogens with one attached hydrogen (secondary N) is 2. The van der Waals surface area contributed by atoms with Crippen LogP contribution in [0.25, 0.3) is 0 Å². The zero-order valence-corrected chi connectivity index (χ0v) is 11.7. The molecule has 0 aliphatic rings. The Balaban J connectivity index is 1.84. The van der Waals surface area contributed by atoms with E-state index in [1.54, 1.807) is 12.1 Å². The Bertz CT molecular complexity index is 647. The van der Waals surface area contributed by atoms with Gasteiger partial charge in [-0.3, -0.25) is 25.4 Å². The van der Waals surface area contributed by atoms with Crippen LogP contribution in [-0.4, -0.2) is 22.9 Å². The molecule has 2 N–H and O–H groups in total. The molecule has 114 valence electrons. The van der Waals surface area contributed by atoms with Crippen molar-refractivity contribution in [1.82, 2.24) is 15.8 Å². The molecular formula is C15H14FN3O3. The number of aromatic nitrogens is 1. The van der Waals surface area contributed by atoms with E-state index in [2.05, 4.69) is 15.8 Å². The summed E-state index contributed by atoms with van der Waals surface area (Å²) in [6, 6.07) is 10.1. The van der Waals surface area contributed by atoms with Crippen molar-refractivity contribution in [2.45, 2.75) is 13.0 Å². The van der Waals surface area contributed by atoms with E-state index in [0.717, 1.165) is 0 Å². The molecule has 0 unspecified atom stereocenters. The van der Waals surface area contributed by atoms with Crippen LogP contribution < -0.4 is 15.6 Å². The fourth-order valence-corrected chi connectivity index (χ4v) is 1.55. The molecule has 1 heterocycles. The van der Waals surface area contributed by atoms with Gasteiger partial charge in [0.1, 0.15) is 17.3 Å². The van der Waals surface area contributed by atoms with Crippen molar-refractivity contribution in [3.05, 3.63) is 60.2 Å². The van der Waals surface area contributed by atoms with Crippen LogP contribution >= 0.6 is 0 Å². The number of ether oxygens (including phenoxy) is 1. The number of rotatable bonds is 4. The molecule has 0 aliphatic carbocycles. The Morgan fingerprint density at radius 2 is 1.86 bits per heavy atom. The first kappa shape index (κ1) is 15.4. The Labute approximate surface area is 126 Å². The Kier molecular flexibility index (Phi) is 5.02. The van der Waals surface area contributed by atoms with Crippen molar-refractivity contribution in [3.8, 4) is 5.75 Å². The molecule has 1 aromatic carbocycles. The monoisotopic (exact) mass is 303 g/mol. The number of pyridine rings is 1. The molecule has 0 radical (unpaired) electrons. The highest BCUT2D eigenvalue weighted by atomic mass is 19.1. The maximum absolute atomic E-state index is 12.8. The average molecular weight is 303 g/mol. The molecule has 2 amide bonds. The van der Waals surface area contributed by atoms with E-state index >= 15 is 0 Å². The predicted molar refractivity (Wildman–Crippen MR) is 76.3 cm³/mol. The number of benzene rings is 1. The summed E-state index contributed by atoms with van der Waals surface area (Å²) in [4.78, 5) is 27.3. The molecule has 1 atom stereocenters. The zero-order chi connectivity index (χ0) is 15.9. The quantitative estimate of drug-likeness (QED) is 0.838. The Hall–Kier alpha value is -2.96. The normalized spacial score (nSPS) is 11.4. The number of hydrogen-bond acceptors (Lipinski definition) is 4. The molecule has 6 nitrogen and oxygen atoms in total. The summed E-state index contributed by atoms with van der Waals surface area (Å²) in [5, 5.41) is 0. The molecule has 2 rings (SSSR count). The molecule has 1 aromatic heterocycles. The highest BCUT2D eigenvalue weighted by molar-refractivity contribution is 5.94. The van der Waals surface area contributed by atoms with Gasteiger partial charge in [-0.05, 0) is 43.3 Å². The molecule has 2 aromatic rings. The number of carbonyl (C=O) groups is 2. The van der Waals surface area contributed by atoms with Crippen molar-refractivity contribution >= 4 is 11.8 Å². The van der Waals surface area contributed by atoms with Gasteiger partial charge in [-0.15, -0.1) is 0 Å². The highest BCUT2D eigenvalue weighted by Crippen LogP contribution is 2.12. The minimum absolute atomic E-state index is 0.176. The molecule has 7 heteroatoms. The first-order valence-electron chi connectivity index (χ1n) is 6.49. The molecule has 0 aliphatic heterocycles. The number of halogens is 1. The van der Waals surface area contributed by atoms with Gasteiger partial charge in [-0.1, -0.05) is 6.07 Å². The molecule has 0 saturated heterocycles. The van der Waals surface area contributed by atoms with Gasteiger partial charge in [-0.2, -0.15) is 0 Å². The predicted octanol–water partition coefficient (Wildman–Crippen LogP) is 1.45. The minimum Gasteiger partial charge on any atom is -0.481 e. The van der Waals surface area contributed by atoms with E-state index in [9.17, 15) is 14.0 Å². The van der Waals surface area contributed by atoms with Crippen molar-refractivity contribution in [3.63, 3.8) is 0 Å². The van der Waals surface area contributed by atoms with E-state index in [0.29, 0.717) is 5.75 Å². The summed E-state index contributed by atoms with van der Waals surface area (Å²) in [5.74, 6) is -1.14. The number of carbonyl (C=O) groups excluding carboxylic acids is 2. The number of hydrazine groups is 1. The van der Waals surface area contributed by atoms with Gasteiger partial charge in [-0.25, -0.2) is 4.39 Å². The van der Waals surface area contributed by atoms with E-state index in [1.807, 2.05) is 0 Å². The van der Waals surface area contributed by atoms with Crippen LogP contribution in [0.2, 0.25) is 0 Å². The summed E-state index contributed by atoms with van der Waals surface area (Å²) in [7, 11) is 0. The third-order valence-electron chi connectivity index (χ3n) is 2.69. The molecule has 0 fully saturated rings. The molecule has 22 heavy (non-hydrogen) atoms. The molecule has 0 bridgehead atoms. The first-order chi connectivity index (χ1) is 10.6. The number of amides is 2. The first-order valence-corrected chi connectivity index (χ1v) is 6.49. The highest BCUT2D eigenvalue weighted by Gasteiger charge is 2.16. The fraction of sp³-hybridized carbons (Fsp3) is 0.133. The minimum atomic E-state index is -0.866. The van der Waals surface area contributed by atoms with Crippen molar-refractivity contribution in [2.24, 2.45) is 0 Å². The summed E-state index contributed by atoms with van der Waals surface area (Å²) >= 11 is 0. The SMILES string of the molecule is C[C@@H](Oc1ccc(F)cc1)C(=O)NNC(=O)c1ccccn1. The Morgan fingerprint density at radius 3 is 2.50 bits per heavy atom. The lowest BCUT2D eigenvalue weighted by atomic mass is 10.3. The maximum Gasteiger partial charge on any atom is 0.288 e. The lowest BCUT2D eigenvalue weighted by molar-refractivity contribution is -0.128. The van der Waals surface area contributed by atoms with Gasteiger partial charge in [0, 0.05) is 6.20 Å². The van der Waals surface area contributed by atoms with Crippen LogP contribution in [0.5, 0.6) is 5.75 Å². The number of nitrogens with zero attached hydrogens (tertiary/aromatic N) is 1. The zero-order valence-electron chi connectivity index (χ0n) is 11.7. The molecule has 0 spiro atoms. The second kappa shape index (κ2) is 7.16. The van der Waals surface area contributed by atoms with Crippen molar-refractivity contribution in [2.75, 3.05) is 0 Å². The van der Waals surface area contributed by atoms with Crippen LogP contribution in [0.4, 0.5) is 4.39 Å². The molecule has 0 saturated carbocycles. The second-order valence-electron chi connectivity index (χ2n) is 4.37. The lowest BCUT2D eigenvalue weighted by Gasteiger charge is -2.15.